The molecule has 9 heteroatoms. The molecule has 3 aromatic heterocycles. The SMILES string of the molecule is Cc1cc(C)n2nc(CCCNC(=O)CCc3c(C)[nH]c(=O)c(C#N)c3C)c(C#N)c2n1. The lowest BCUT2D eigenvalue weighted by Gasteiger charge is -2.11. The Balaban J connectivity index is 1.57. The number of aromatic nitrogens is 4. The van der Waals surface area contributed by atoms with Crippen molar-refractivity contribution in [2.24, 2.45) is 0 Å². The van der Waals surface area contributed by atoms with E-state index in [1.165, 1.54) is 0 Å². The highest BCUT2D eigenvalue weighted by Crippen LogP contribution is 2.17. The van der Waals surface area contributed by atoms with E-state index in [0.29, 0.717) is 54.0 Å². The molecule has 0 aromatic carbocycles. The molecule has 3 rings (SSSR count). The van der Waals surface area contributed by atoms with E-state index in [1.54, 1.807) is 18.4 Å². The van der Waals surface area contributed by atoms with Crippen molar-refractivity contribution in [1.82, 2.24) is 24.9 Å². The quantitative estimate of drug-likeness (QED) is 0.549. The van der Waals surface area contributed by atoms with E-state index in [2.05, 4.69) is 26.5 Å². The highest BCUT2D eigenvalue weighted by molar-refractivity contribution is 5.76. The van der Waals surface area contributed by atoms with E-state index in [4.69, 9.17) is 5.26 Å². The number of carbonyl (C=O) groups is 1. The van der Waals surface area contributed by atoms with Gasteiger partial charge in [-0.3, -0.25) is 9.59 Å². The summed E-state index contributed by atoms with van der Waals surface area (Å²) in [6.45, 7) is 7.75. The van der Waals surface area contributed by atoms with Gasteiger partial charge in [-0.15, -0.1) is 0 Å². The first kappa shape index (κ1) is 22.7. The van der Waals surface area contributed by atoms with E-state index in [0.717, 1.165) is 17.0 Å². The van der Waals surface area contributed by atoms with Gasteiger partial charge in [-0.2, -0.15) is 15.6 Å². The second-order valence-corrected chi connectivity index (χ2v) is 7.83. The van der Waals surface area contributed by atoms with E-state index in [9.17, 15) is 14.9 Å². The number of carbonyl (C=O) groups excluding carboxylic acids is 1. The fraction of sp³-hybridized carbons (Fsp3) is 0.391. The summed E-state index contributed by atoms with van der Waals surface area (Å²) >= 11 is 0. The van der Waals surface area contributed by atoms with Crippen LogP contribution in [0.25, 0.3) is 5.65 Å². The van der Waals surface area contributed by atoms with Crippen LogP contribution in [0.5, 0.6) is 0 Å². The van der Waals surface area contributed by atoms with Crippen LogP contribution >= 0.6 is 0 Å². The Morgan fingerprint density at radius 2 is 1.88 bits per heavy atom. The van der Waals surface area contributed by atoms with Gasteiger partial charge in [-0.05, 0) is 64.2 Å². The Labute approximate surface area is 185 Å². The van der Waals surface area contributed by atoms with Crippen molar-refractivity contribution in [2.75, 3.05) is 6.54 Å². The molecule has 2 N–H and O–H groups in total. The Morgan fingerprint density at radius 1 is 1.16 bits per heavy atom. The Morgan fingerprint density at radius 3 is 2.56 bits per heavy atom. The third-order valence-electron chi connectivity index (χ3n) is 5.51. The molecule has 3 aromatic rings. The van der Waals surface area contributed by atoms with Crippen molar-refractivity contribution in [3.05, 3.63) is 61.4 Å². The first-order valence-corrected chi connectivity index (χ1v) is 10.4. The lowest BCUT2D eigenvalue weighted by molar-refractivity contribution is -0.121. The number of nitriles is 2. The number of aryl methyl sites for hydroxylation is 4. The molecule has 164 valence electrons. The van der Waals surface area contributed by atoms with Crippen LogP contribution in [0.2, 0.25) is 0 Å². The topological polar surface area (TPSA) is 140 Å². The van der Waals surface area contributed by atoms with Crippen molar-refractivity contribution in [2.45, 2.75) is 53.4 Å². The number of amides is 1. The van der Waals surface area contributed by atoms with Crippen molar-refractivity contribution in [3.8, 4) is 12.1 Å². The summed E-state index contributed by atoms with van der Waals surface area (Å²) in [6, 6.07) is 6.04. The van der Waals surface area contributed by atoms with Crippen LogP contribution in [0.4, 0.5) is 0 Å². The van der Waals surface area contributed by atoms with Crippen molar-refractivity contribution < 1.29 is 4.79 Å². The normalized spacial score (nSPS) is 10.7. The van der Waals surface area contributed by atoms with Gasteiger partial charge in [-0.25, -0.2) is 9.50 Å². The molecule has 0 atom stereocenters. The number of rotatable bonds is 7. The molecular weight excluding hydrogens is 406 g/mol. The molecule has 0 saturated heterocycles. The number of H-pyrrole nitrogens is 1. The molecule has 9 nitrogen and oxygen atoms in total. The molecule has 0 bridgehead atoms. The average molecular weight is 432 g/mol. The smallest absolute Gasteiger partial charge is 0.266 e. The zero-order valence-electron chi connectivity index (χ0n) is 18.7. The van der Waals surface area contributed by atoms with Crippen LogP contribution in [0.1, 0.15) is 57.9 Å². The van der Waals surface area contributed by atoms with Gasteiger partial charge < -0.3 is 10.3 Å². The molecule has 1 amide bonds. The van der Waals surface area contributed by atoms with E-state index < -0.39 is 5.56 Å². The van der Waals surface area contributed by atoms with Gasteiger partial charge in [0.2, 0.25) is 5.91 Å². The first-order chi connectivity index (χ1) is 15.3. The van der Waals surface area contributed by atoms with Crippen LogP contribution in [-0.2, 0) is 17.6 Å². The number of nitrogens with zero attached hydrogens (tertiary/aromatic N) is 5. The van der Waals surface area contributed by atoms with Gasteiger partial charge in [0.25, 0.3) is 5.56 Å². The Kier molecular flexibility index (Phi) is 6.70. The van der Waals surface area contributed by atoms with Crippen LogP contribution in [-0.4, -0.2) is 32.0 Å². The lowest BCUT2D eigenvalue weighted by atomic mass is 9.99. The summed E-state index contributed by atoms with van der Waals surface area (Å²) in [5.41, 5.74) is 5.26. The summed E-state index contributed by atoms with van der Waals surface area (Å²) in [7, 11) is 0. The molecule has 0 aliphatic carbocycles. The summed E-state index contributed by atoms with van der Waals surface area (Å²) in [5.74, 6) is -0.114. The predicted octanol–water partition coefficient (Wildman–Crippen LogP) is 2.08. The van der Waals surface area contributed by atoms with Gasteiger partial charge in [0.05, 0.1) is 5.69 Å². The second kappa shape index (κ2) is 9.44. The summed E-state index contributed by atoms with van der Waals surface area (Å²) in [6.07, 6.45) is 1.87. The van der Waals surface area contributed by atoms with Gasteiger partial charge >= 0.3 is 0 Å². The number of hydrogen-bond acceptors (Lipinski definition) is 6. The predicted molar refractivity (Wildman–Crippen MR) is 118 cm³/mol. The highest BCUT2D eigenvalue weighted by atomic mass is 16.1. The van der Waals surface area contributed by atoms with Gasteiger partial charge in [0.1, 0.15) is 23.3 Å². The zero-order chi connectivity index (χ0) is 23.4. The van der Waals surface area contributed by atoms with Crippen molar-refractivity contribution in [1.29, 1.82) is 10.5 Å². The highest BCUT2D eigenvalue weighted by Gasteiger charge is 2.16. The Hall–Kier alpha value is -3.98. The van der Waals surface area contributed by atoms with E-state index >= 15 is 0 Å². The minimum Gasteiger partial charge on any atom is -0.356 e. The summed E-state index contributed by atoms with van der Waals surface area (Å²) in [4.78, 5) is 31.2. The van der Waals surface area contributed by atoms with Crippen LogP contribution in [0, 0.1) is 50.4 Å². The maximum absolute atomic E-state index is 12.3. The third-order valence-corrected chi connectivity index (χ3v) is 5.51. The molecule has 0 unspecified atom stereocenters. The molecule has 0 spiro atoms. The fourth-order valence-electron chi connectivity index (χ4n) is 3.89. The largest absolute Gasteiger partial charge is 0.356 e. The third kappa shape index (κ3) is 4.52. The molecule has 0 saturated carbocycles. The van der Waals surface area contributed by atoms with Crippen LogP contribution in [0.15, 0.2) is 10.9 Å². The van der Waals surface area contributed by atoms with Gasteiger partial charge in [0, 0.05) is 30.0 Å². The molecule has 3 heterocycles. The first-order valence-electron chi connectivity index (χ1n) is 10.4. The maximum atomic E-state index is 12.3. The maximum Gasteiger partial charge on any atom is 0.266 e. The molecular formula is C23H25N7O2. The number of aromatic amines is 1. The lowest BCUT2D eigenvalue weighted by Crippen LogP contribution is -2.25. The summed E-state index contributed by atoms with van der Waals surface area (Å²) in [5, 5.41) is 26.1. The molecule has 0 radical (unpaired) electrons. The standard InChI is InChI=1S/C23H25N7O2/c1-13-10-14(2)30-22(27-13)19(12-25)20(29-30)6-5-9-26-21(31)8-7-17-15(3)18(11-24)23(32)28-16(17)4/h10H,5-9H2,1-4H3,(H,26,31)(H,28,32). The number of nitrogens with one attached hydrogen (secondary N) is 2. The van der Waals surface area contributed by atoms with Crippen LogP contribution < -0.4 is 10.9 Å². The fourth-order valence-corrected chi connectivity index (χ4v) is 3.89. The molecule has 32 heavy (non-hydrogen) atoms. The molecule has 0 aliphatic heterocycles. The van der Waals surface area contributed by atoms with Crippen molar-refractivity contribution >= 4 is 11.6 Å². The number of fused-ring (bicyclic) bond motifs is 1. The van der Waals surface area contributed by atoms with E-state index in [-0.39, 0.29) is 17.9 Å². The number of hydrogen-bond donors (Lipinski definition) is 2. The zero-order valence-corrected chi connectivity index (χ0v) is 18.7. The second-order valence-electron chi connectivity index (χ2n) is 7.83. The van der Waals surface area contributed by atoms with Crippen molar-refractivity contribution in [3.63, 3.8) is 0 Å². The van der Waals surface area contributed by atoms with Crippen LogP contribution in [0.3, 0.4) is 0 Å². The molecule has 0 fully saturated rings. The minimum atomic E-state index is -0.403. The average Bonchev–Trinajstić information content (AvgIpc) is 3.08. The molecule has 0 aliphatic rings. The minimum absolute atomic E-state index is 0.0895. The summed E-state index contributed by atoms with van der Waals surface area (Å²) < 4.78 is 1.68. The Bertz CT molecular complexity index is 1340. The monoisotopic (exact) mass is 431 g/mol. The number of pyridine rings is 1. The van der Waals surface area contributed by atoms with Gasteiger partial charge in [-0.1, -0.05) is 0 Å². The van der Waals surface area contributed by atoms with E-state index in [1.807, 2.05) is 26.0 Å². The van der Waals surface area contributed by atoms with Gasteiger partial charge in [0.15, 0.2) is 5.65 Å².